The number of carboxylic acid groups (broad SMARTS) is 2. The lowest BCUT2D eigenvalue weighted by atomic mass is 9.82. The Morgan fingerprint density at radius 2 is 1.50 bits per heavy atom. The Morgan fingerprint density at radius 1 is 0.861 bits per heavy atom. The van der Waals surface area contributed by atoms with Crippen LogP contribution in [0.25, 0.3) is 0 Å². The van der Waals surface area contributed by atoms with Gasteiger partial charge in [0.2, 0.25) is 0 Å². The highest BCUT2D eigenvalue weighted by atomic mass is 32.2. The molecule has 0 radical (unpaired) electrons. The number of anilines is 1. The topological polar surface area (TPSA) is 167 Å². The lowest BCUT2D eigenvalue weighted by Gasteiger charge is -2.38. The molecule has 0 bridgehead atoms. The molecule has 3 N–H and O–H groups in total. The van der Waals surface area contributed by atoms with Crippen molar-refractivity contribution >= 4 is 62.2 Å². The number of rotatable bonds is 2. The van der Waals surface area contributed by atoms with Crippen molar-refractivity contribution in [2.45, 2.75) is 15.8 Å². The van der Waals surface area contributed by atoms with Gasteiger partial charge in [-0.25, -0.2) is 23.0 Å². The Bertz CT molecular complexity index is 1700. The van der Waals surface area contributed by atoms with Gasteiger partial charge in [-0.2, -0.15) is 0 Å². The van der Waals surface area contributed by atoms with E-state index in [4.69, 9.17) is 0 Å². The number of benzene rings is 2. The molecule has 178 valence electrons. The van der Waals surface area contributed by atoms with Crippen LogP contribution < -0.4 is 5.32 Å². The van der Waals surface area contributed by atoms with Crippen molar-refractivity contribution in [3.63, 3.8) is 0 Å². The quantitative estimate of drug-likeness (QED) is 0.502. The van der Waals surface area contributed by atoms with Crippen LogP contribution in [0.2, 0.25) is 0 Å². The molecule has 2 aromatic rings. The minimum atomic E-state index is -2.12. The first-order valence-corrected chi connectivity index (χ1v) is 12.7. The number of carbonyl (C=O) groups excluding carboxylic acids is 2. The van der Waals surface area contributed by atoms with Gasteiger partial charge in [-0.1, -0.05) is 0 Å². The Hall–Kier alpha value is -4.29. The number of carbonyl (C=O) groups is 4. The lowest BCUT2D eigenvalue weighted by Crippen LogP contribution is -2.44. The second-order valence-corrected chi connectivity index (χ2v) is 10.9. The number of nitrogens with one attached hydrogen (secondary N) is 1. The molecule has 2 aliphatic heterocycles. The second-order valence-electron chi connectivity index (χ2n) is 8.12. The van der Waals surface area contributed by atoms with Crippen molar-refractivity contribution < 1.29 is 37.8 Å². The van der Waals surface area contributed by atoms with Gasteiger partial charge in [0.15, 0.2) is 11.6 Å². The van der Waals surface area contributed by atoms with Crippen molar-refractivity contribution in [1.82, 2.24) is 0 Å². The molecule has 0 saturated heterocycles. The van der Waals surface area contributed by atoms with Crippen LogP contribution in [-0.4, -0.2) is 53.9 Å². The number of hydrogen-bond acceptors (Lipinski definition) is 8. The average Bonchev–Trinajstić information content (AvgIpc) is 2.85. The summed E-state index contributed by atoms with van der Waals surface area (Å²) in [6, 6.07) is 6.69. The number of ketones is 2. The maximum Gasteiger partial charge on any atom is 0.335 e. The highest BCUT2D eigenvalue weighted by Gasteiger charge is 2.48. The Balaban J connectivity index is 1.67. The third kappa shape index (κ3) is 2.98. The normalized spacial score (nSPS) is 23.6. The van der Waals surface area contributed by atoms with E-state index in [9.17, 15) is 37.8 Å². The van der Waals surface area contributed by atoms with Crippen LogP contribution in [0, 0.1) is 0 Å². The minimum absolute atomic E-state index is 0.00343. The summed E-state index contributed by atoms with van der Waals surface area (Å²) in [5.41, 5.74) is 0.0636. The van der Waals surface area contributed by atoms with Gasteiger partial charge in [0.1, 0.15) is 0 Å². The van der Waals surface area contributed by atoms with Gasteiger partial charge >= 0.3 is 11.9 Å². The molecule has 10 nitrogen and oxygen atoms in total. The van der Waals surface area contributed by atoms with E-state index in [2.05, 4.69) is 10.3 Å². The first-order valence-electron chi connectivity index (χ1n) is 10.4. The number of fused-ring (bicyclic) bond motifs is 6. The van der Waals surface area contributed by atoms with Gasteiger partial charge < -0.3 is 15.5 Å². The predicted molar refractivity (Wildman–Crippen MR) is 127 cm³/mol. The zero-order valence-electron chi connectivity index (χ0n) is 17.8. The number of carboxylic acids is 2. The highest BCUT2D eigenvalue weighted by molar-refractivity contribution is 7.94. The number of nitrogens with zero attached hydrogens (tertiary/aromatic N) is 1. The summed E-state index contributed by atoms with van der Waals surface area (Å²) < 4.78 is 27.7. The highest BCUT2D eigenvalue weighted by Crippen LogP contribution is 2.47. The SMILES string of the molecule is O=C1C=CC(=O)C2=C1C1=Nc3ccc(C(=O)O)cc3S(=O)C1=C1C2Nc2ccc(C(=O)O)cc2S1=O. The fraction of sp³-hybridized carbons (Fsp3) is 0.0417. The van der Waals surface area contributed by atoms with E-state index in [0.29, 0.717) is 5.69 Å². The molecule has 0 amide bonds. The van der Waals surface area contributed by atoms with Crippen molar-refractivity contribution in [3.8, 4) is 0 Å². The van der Waals surface area contributed by atoms with Gasteiger partial charge in [0, 0.05) is 5.57 Å². The molecule has 0 aromatic heterocycles. The number of hydrogen-bond donors (Lipinski definition) is 3. The molecule has 2 aromatic carbocycles. The molecule has 3 atom stereocenters. The van der Waals surface area contributed by atoms with Crippen LogP contribution in [0.4, 0.5) is 11.4 Å². The molecule has 36 heavy (non-hydrogen) atoms. The van der Waals surface area contributed by atoms with Crippen LogP contribution in [0.5, 0.6) is 0 Å². The number of aromatic carboxylic acids is 2. The number of allylic oxidation sites excluding steroid dienone is 4. The van der Waals surface area contributed by atoms with Crippen LogP contribution in [0.3, 0.4) is 0 Å². The summed E-state index contributed by atoms with van der Waals surface area (Å²) in [5.74, 6) is -3.53. The smallest absolute Gasteiger partial charge is 0.335 e. The largest absolute Gasteiger partial charge is 0.478 e. The molecule has 12 heteroatoms. The maximum absolute atomic E-state index is 13.9. The Morgan fingerprint density at radius 3 is 2.19 bits per heavy atom. The third-order valence-electron chi connectivity index (χ3n) is 6.15. The van der Waals surface area contributed by atoms with Crippen LogP contribution in [-0.2, 0) is 31.2 Å². The molecule has 6 rings (SSSR count). The molecule has 0 saturated carbocycles. The zero-order valence-corrected chi connectivity index (χ0v) is 19.4. The Kier molecular flexibility index (Phi) is 4.69. The molecule has 0 spiro atoms. The van der Waals surface area contributed by atoms with Crippen molar-refractivity contribution in [2.24, 2.45) is 4.99 Å². The zero-order chi connectivity index (χ0) is 25.5. The minimum Gasteiger partial charge on any atom is -0.478 e. The summed E-state index contributed by atoms with van der Waals surface area (Å²) in [6.07, 6.45) is 2.19. The summed E-state index contributed by atoms with van der Waals surface area (Å²) in [6.45, 7) is 0. The van der Waals surface area contributed by atoms with Crippen LogP contribution in [0.1, 0.15) is 20.7 Å². The van der Waals surface area contributed by atoms with E-state index in [1.165, 1.54) is 36.4 Å². The van der Waals surface area contributed by atoms with Gasteiger partial charge in [-0.05, 0) is 48.6 Å². The predicted octanol–water partition coefficient (Wildman–Crippen LogP) is 2.11. The van der Waals surface area contributed by atoms with Crippen molar-refractivity contribution in [2.75, 3.05) is 5.32 Å². The van der Waals surface area contributed by atoms with Gasteiger partial charge in [0.25, 0.3) is 0 Å². The van der Waals surface area contributed by atoms with Gasteiger partial charge in [-0.15, -0.1) is 0 Å². The third-order valence-corrected chi connectivity index (χ3v) is 9.36. The summed E-state index contributed by atoms with van der Waals surface area (Å²) in [5, 5.41) is 21.8. The summed E-state index contributed by atoms with van der Waals surface area (Å²) >= 11 is 0. The standard InChI is InChI=1S/C24H12N2O8S2/c27-13-5-6-14(28)18-17(13)19-21(35(33)15-7-9(23(29)30)1-3-11(15)25-19)22-20(18)26-12-4-2-10(24(31)32)8-16(12)36(22)34/h1-8,19,25H,(H,29,30)(H,31,32). The average molecular weight is 521 g/mol. The lowest BCUT2D eigenvalue weighted by molar-refractivity contribution is -0.115. The molecular weight excluding hydrogens is 508 g/mol. The van der Waals surface area contributed by atoms with E-state index >= 15 is 0 Å². The fourth-order valence-corrected chi connectivity index (χ4v) is 7.83. The fourth-order valence-electron chi connectivity index (χ4n) is 4.54. The van der Waals surface area contributed by atoms with Gasteiger partial charge in [-0.3, -0.25) is 9.59 Å². The van der Waals surface area contributed by atoms with E-state index < -0.39 is 51.1 Å². The first-order chi connectivity index (χ1) is 17.2. The van der Waals surface area contributed by atoms with E-state index in [0.717, 1.165) is 12.2 Å². The van der Waals surface area contributed by atoms with E-state index in [-0.39, 0.29) is 53.3 Å². The van der Waals surface area contributed by atoms with Crippen molar-refractivity contribution in [3.05, 3.63) is 80.6 Å². The molecule has 2 aliphatic carbocycles. The summed E-state index contributed by atoms with van der Waals surface area (Å²) in [7, 11) is -4.20. The second kappa shape index (κ2) is 7.60. The van der Waals surface area contributed by atoms with Gasteiger partial charge in [0.05, 0.1) is 81.0 Å². The van der Waals surface area contributed by atoms with Crippen LogP contribution >= 0.6 is 0 Å². The molecular formula is C24H12N2O8S2. The monoisotopic (exact) mass is 520 g/mol. The maximum atomic E-state index is 13.9. The first kappa shape index (κ1) is 22.2. The van der Waals surface area contributed by atoms with E-state index in [1.54, 1.807) is 0 Å². The number of aliphatic imine (C=N–C) groups is 1. The molecule has 0 fully saturated rings. The molecule has 2 heterocycles. The van der Waals surface area contributed by atoms with Crippen molar-refractivity contribution in [1.29, 1.82) is 0 Å². The summed E-state index contributed by atoms with van der Waals surface area (Å²) in [4.78, 5) is 53.5. The Labute approximate surface area is 206 Å². The molecule has 4 aliphatic rings. The molecule has 3 unspecified atom stereocenters. The van der Waals surface area contributed by atoms with Crippen LogP contribution in [0.15, 0.2) is 84.3 Å². The van der Waals surface area contributed by atoms with E-state index in [1.807, 2.05) is 0 Å².